The molecule has 1 heterocycles. The highest BCUT2D eigenvalue weighted by Gasteiger charge is 2.49. The number of carbonyl (C=O) groups is 1. The van der Waals surface area contributed by atoms with Gasteiger partial charge < -0.3 is 10.5 Å². The van der Waals surface area contributed by atoms with Crippen LogP contribution in [0.5, 0.6) is 0 Å². The zero-order valence-electron chi connectivity index (χ0n) is 18.1. The van der Waals surface area contributed by atoms with Gasteiger partial charge in [-0.15, -0.1) is 0 Å². The summed E-state index contributed by atoms with van der Waals surface area (Å²) < 4.78 is 33.8. The van der Waals surface area contributed by atoms with Crippen LogP contribution in [0.15, 0.2) is 41.5 Å². The molecular formula is C23H27F2N3O2S. The first-order chi connectivity index (χ1) is 14.7. The topological polar surface area (TPSA) is 67.9 Å². The van der Waals surface area contributed by atoms with E-state index in [1.807, 2.05) is 32.0 Å². The van der Waals surface area contributed by atoms with E-state index >= 15 is 0 Å². The van der Waals surface area contributed by atoms with Crippen molar-refractivity contribution < 1.29 is 18.3 Å². The number of carbonyl (C=O) groups excluding carboxylic acids is 1. The number of rotatable bonds is 7. The zero-order chi connectivity index (χ0) is 22.8. The fourth-order valence-electron chi connectivity index (χ4n) is 3.47. The van der Waals surface area contributed by atoms with Crippen molar-refractivity contribution in [3.8, 4) is 0 Å². The minimum absolute atomic E-state index is 0.0197. The molecule has 1 amide bonds. The van der Waals surface area contributed by atoms with Crippen molar-refractivity contribution in [3.05, 3.63) is 70.3 Å². The SMILES string of the molecule is CO[C@@H](C)C(=O)N1N=C(c2cc(F)ccc2F)SC1(CCCN)c1ccc(C)c(C)c1. The highest BCUT2D eigenvalue weighted by molar-refractivity contribution is 8.15. The molecule has 1 unspecified atom stereocenters. The van der Waals surface area contributed by atoms with E-state index in [0.717, 1.165) is 34.9 Å². The van der Waals surface area contributed by atoms with Crippen molar-refractivity contribution in [1.29, 1.82) is 0 Å². The number of halogens is 2. The molecule has 1 aliphatic rings. The average molecular weight is 448 g/mol. The molecular weight excluding hydrogens is 420 g/mol. The third-order valence-corrected chi connectivity index (χ3v) is 6.99. The lowest BCUT2D eigenvalue weighted by molar-refractivity contribution is -0.144. The fraction of sp³-hybridized carbons (Fsp3) is 0.391. The summed E-state index contributed by atoms with van der Waals surface area (Å²) in [5, 5.41) is 6.11. The Labute approximate surface area is 185 Å². The number of hydrogen-bond acceptors (Lipinski definition) is 5. The maximum Gasteiger partial charge on any atom is 0.273 e. The number of benzene rings is 2. The van der Waals surface area contributed by atoms with Crippen LogP contribution in [0.25, 0.3) is 0 Å². The maximum absolute atomic E-state index is 14.6. The lowest BCUT2D eigenvalue weighted by atomic mass is 9.96. The molecule has 2 aromatic rings. The number of thioether (sulfide) groups is 1. The second-order valence-electron chi connectivity index (χ2n) is 7.64. The van der Waals surface area contributed by atoms with E-state index in [0.29, 0.717) is 19.4 Å². The molecule has 166 valence electrons. The lowest BCUT2D eigenvalue weighted by Crippen LogP contribution is -2.46. The molecule has 3 rings (SSSR count). The molecule has 0 bridgehead atoms. The first kappa shape index (κ1) is 23.4. The van der Waals surface area contributed by atoms with Gasteiger partial charge >= 0.3 is 0 Å². The molecule has 0 saturated carbocycles. The highest BCUT2D eigenvalue weighted by atomic mass is 32.2. The van der Waals surface area contributed by atoms with Crippen LogP contribution in [0.3, 0.4) is 0 Å². The first-order valence-electron chi connectivity index (χ1n) is 10.1. The second-order valence-corrected chi connectivity index (χ2v) is 8.90. The number of nitrogens with zero attached hydrogens (tertiary/aromatic N) is 2. The molecule has 5 nitrogen and oxygen atoms in total. The van der Waals surface area contributed by atoms with Crippen molar-refractivity contribution >= 4 is 22.7 Å². The summed E-state index contributed by atoms with van der Waals surface area (Å²) >= 11 is 1.24. The molecule has 2 N–H and O–H groups in total. The average Bonchev–Trinajstić information content (AvgIpc) is 3.15. The van der Waals surface area contributed by atoms with Gasteiger partial charge in [0.25, 0.3) is 5.91 Å². The van der Waals surface area contributed by atoms with E-state index in [4.69, 9.17) is 10.5 Å². The molecule has 0 radical (unpaired) electrons. The van der Waals surface area contributed by atoms with Gasteiger partial charge in [-0.25, -0.2) is 13.8 Å². The smallest absolute Gasteiger partial charge is 0.273 e. The Kier molecular flexibility index (Phi) is 7.13. The molecule has 2 atom stereocenters. The molecule has 2 aromatic carbocycles. The maximum atomic E-state index is 14.6. The number of ether oxygens (including phenoxy) is 1. The van der Waals surface area contributed by atoms with Crippen LogP contribution < -0.4 is 5.73 Å². The van der Waals surface area contributed by atoms with Gasteiger partial charge in [-0.3, -0.25) is 4.79 Å². The molecule has 0 spiro atoms. The molecule has 0 fully saturated rings. The third-order valence-electron chi connectivity index (χ3n) is 5.55. The number of methoxy groups -OCH3 is 1. The Morgan fingerprint density at radius 3 is 2.61 bits per heavy atom. The van der Waals surface area contributed by atoms with Crippen molar-refractivity contribution in [1.82, 2.24) is 5.01 Å². The highest BCUT2D eigenvalue weighted by Crippen LogP contribution is 2.51. The van der Waals surface area contributed by atoms with Gasteiger partial charge in [-0.2, -0.15) is 5.10 Å². The molecule has 31 heavy (non-hydrogen) atoms. The van der Waals surface area contributed by atoms with Crippen molar-refractivity contribution in [2.24, 2.45) is 10.8 Å². The van der Waals surface area contributed by atoms with Gasteiger partial charge in [-0.1, -0.05) is 30.0 Å². The van der Waals surface area contributed by atoms with Crippen LogP contribution in [-0.4, -0.2) is 35.7 Å². The van der Waals surface area contributed by atoms with E-state index in [-0.39, 0.29) is 16.5 Å². The van der Waals surface area contributed by atoms with Crippen molar-refractivity contribution in [2.45, 2.75) is 44.6 Å². The predicted molar refractivity (Wildman–Crippen MR) is 120 cm³/mol. The number of nitrogens with two attached hydrogens (primary N) is 1. The zero-order valence-corrected chi connectivity index (χ0v) is 18.9. The number of hydrazone groups is 1. The summed E-state index contributed by atoms with van der Waals surface area (Å²) in [5.74, 6) is -1.54. The summed E-state index contributed by atoms with van der Waals surface area (Å²) in [5.41, 5.74) is 8.85. The quantitative estimate of drug-likeness (QED) is 0.681. The van der Waals surface area contributed by atoms with E-state index < -0.39 is 22.6 Å². The lowest BCUT2D eigenvalue weighted by Gasteiger charge is -2.37. The first-order valence-corrected chi connectivity index (χ1v) is 10.9. The molecule has 0 aromatic heterocycles. The summed E-state index contributed by atoms with van der Waals surface area (Å²) in [4.78, 5) is 12.3. The monoisotopic (exact) mass is 447 g/mol. The Morgan fingerprint density at radius 2 is 1.97 bits per heavy atom. The van der Waals surface area contributed by atoms with Gasteiger partial charge in [0.1, 0.15) is 27.7 Å². The molecule has 8 heteroatoms. The van der Waals surface area contributed by atoms with Crippen molar-refractivity contribution in [2.75, 3.05) is 13.7 Å². The largest absolute Gasteiger partial charge is 0.372 e. The number of amides is 1. The Hall–Kier alpha value is -2.29. The van der Waals surface area contributed by atoms with E-state index in [2.05, 4.69) is 5.10 Å². The minimum atomic E-state index is -0.949. The summed E-state index contributed by atoms with van der Waals surface area (Å²) in [7, 11) is 1.44. The Bertz CT molecular complexity index is 1010. The number of hydrogen-bond donors (Lipinski definition) is 1. The number of aryl methyl sites for hydroxylation is 2. The third kappa shape index (κ3) is 4.51. The summed E-state index contributed by atoms with van der Waals surface area (Å²) in [6, 6.07) is 9.16. The summed E-state index contributed by atoms with van der Waals surface area (Å²) in [6.45, 7) is 6.05. The normalized spacial score (nSPS) is 19.5. The second kappa shape index (κ2) is 9.46. The van der Waals surface area contributed by atoms with Crippen LogP contribution >= 0.6 is 11.8 Å². The fourth-order valence-corrected chi connectivity index (χ4v) is 4.89. The van der Waals surface area contributed by atoms with Crippen LogP contribution in [0, 0.1) is 25.5 Å². The van der Waals surface area contributed by atoms with Gasteiger partial charge in [-0.05, 0) is 75.0 Å². The Morgan fingerprint density at radius 1 is 1.23 bits per heavy atom. The van der Waals surface area contributed by atoms with Gasteiger partial charge in [0.05, 0.1) is 0 Å². The standard InChI is InChI=1S/C23H27F2N3O2S/c1-14-6-7-17(12-15(14)2)23(10-5-11-26)28(22(29)16(3)30-4)27-21(31-23)19-13-18(24)8-9-20(19)25/h6-9,12-13,16H,5,10-11,26H2,1-4H3/t16-,23?/m0/s1. The van der Waals surface area contributed by atoms with Gasteiger partial charge in [0, 0.05) is 12.7 Å². The Balaban J connectivity index is 2.20. The van der Waals surface area contributed by atoms with Crippen LogP contribution in [0.2, 0.25) is 0 Å². The van der Waals surface area contributed by atoms with E-state index in [9.17, 15) is 13.6 Å². The predicted octanol–water partition coefficient (Wildman–Crippen LogP) is 4.45. The molecule has 0 aliphatic carbocycles. The van der Waals surface area contributed by atoms with Crippen LogP contribution in [0.4, 0.5) is 8.78 Å². The van der Waals surface area contributed by atoms with Crippen LogP contribution in [-0.2, 0) is 14.4 Å². The van der Waals surface area contributed by atoms with Crippen LogP contribution in [0.1, 0.15) is 42.0 Å². The minimum Gasteiger partial charge on any atom is -0.372 e. The van der Waals surface area contributed by atoms with E-state index in [1.54, 1.807) is 6.92 Å². The van der Waals surface area contributed by atoms with Gasteiger partial charge in [0.2, 0.25) is 0 Å². The van der Waals surface area contributed by atoms with E-state index in [1.165, 1.54) is 23.9 Å². The van der Waals surface area contributed by atoms with Gasteiger partial charge in [0.15, 0.2) is 0 Å². The molecule has 1 aliphatic heterocycles. The van der Waals surface area contributed by atoms with Crippen molar-refractivity contribution in [3.63, 3.8) is 0 Å². The molecule has 0 saturated heterocycles. The summed E-state index contributed by atoms with van der Waals surface area (Å²) in [6.07, 6.45) is 0.340.